The number of aliphatic hydroxyl groups is 1. The summed E-state index contributed by atoms with van der Waals surface area (Å²) in [7, 11) is 0. The molecule has 0 aliphatic heterocycles. The lowest BCUT2D eigenvalue weighted by molar-refractivity contribution is 0.0689. The number of carboxylic acid groups (broad SMARTS) is 1. The van der Waals surface area contributed by atoms with Crippen LogP contribution < -0.4 is 5.32 Å². The normalized spacial score (nSPS) is 11.9. The van der Waals surface area contributed by atoms with Gasteiger partial charge in [-0.1, -0.05) is 48.5 Å². The van der Waals surface area contributed by atoms with Gasteiger partial charge in [0.15, 0.2) is 0 Å². The molecule has 1 heterocycles. The standard InChI is InChI=1S/C18H17N3O3/c22-17(12-6-2-1-3-7-12)14-8-4-5-9-15(14)19-10-13-11-20-21-16(13)18(23)24/h1-9,11,17,19,22H,10H2,(H,20,21)(H,23,24). The summed E-state index contributed by atoms with van der Waals surface area (Å²) >= 11 is 0. The molecule has 6 nitrogen and oxygen atoms in total. The zero-order valence-corrected chi connectivity index (χ0v) is 12.8. The van der Waals surface area contributed by atoms with Crippen LogP contribution in [0.2, 0.25) is 0 Å². The Kier molecular flexibility index (Phi) is 4.58. The first-order valence-electron chi connectivity index (χ1n) is 7.48. The van der Waals surface area contributed by atoms with E-state index in [0.717, 1.165) is 16.8 Å². The number of nitrogens with one attached hydrogen (secondary N) is 2. The van der Waals surface area contributed by atoms with Crippen molar-refractivity contribution in [2.24, 2.45) is 0 Å². The van der Waals surface area contributed by atoms with Gasteiger partial charge in [-0.2, -0.15) is 5.10 Å². The van der Waals surface area contributed by atoms with E-state index in [1.807, 2.05) is 54.6 Å². The van der Waals surface area contributed by atoms with Gasteiger partial charge in [0.05, 0.1) is 6.20 Å². The summed E-state index contributed by atoms with van der Waals surface area (Å²) in [6.45, 7) is 0.288. The maximum absolute atomic E-state index is 11.1. The highest BCUT2D eigenvalue weighted by atomic mass is 16.4. The van der Waals surface area contributed by atoms with Crippen molar-refractivity contribution in [3.8, 4) is 0 Å². The first kappa shape index (κ1) is 15.8. The predicted molar refractivity (Wildman–Crippen MR) is 89.8 cm³/mol. The number of benzene rings is 2. The first-order valence-corrected chi connectivity index (χ1v) is 7.48. The molecule has 1 unspecified atom stereocenters. The number of rotatable bonds is 6. The van der Waals surface area contributed by atoms with E-state index in [9.17, 15) is 9.90 Å². The molecule has 3 aromatic rings. The minimum absolute atomic E-state index is 0.0589. The molecule has 0 aliphatic carbocycles. The van der Waals surface area contributed by atoms with Gasteiger partial charge >= 0.3 is 5.97 Å². The summed E-state index contributed by atoms with van der Waals surface area (Å²) in [5.41, 5.74) is 2.87. The quantitative estimate of drug-likeness (QED) is 0.559. The van der Waals surface area contributed by atoms with E-state index in [1.54, 1.807) is 0 Å². The Balaban J connectivity index is 1.82. The number of carbonyl (C=O) groups is 1. The summed E-state index contributed by atoms with van der Waals surface area (Å²) in [6, 6.07) is 16.8. The predicted octanol–water partition coefficient (Wildman–Crippen LogP) is 2.80. The highest BCUT2D eigenvalue weighted by Crippen LogP contribution is 2.28. The molecule has 0 aliphatic rings. The van der Waals surface area contributed by atoms with Crippen molar-refractivity contribution in [2.45, 2.75) is 12.6 Å². The van der Waals surface area contributed by atoms with Crippen LogP contribution in [-0.2, 0) is 6.54 Å². The van der Waals surface area contributed by atoms with Gasteiger partial charge in [0.1, 0.15) is 11.8 Å². The van der Waals surface area contributed by atoms with Crippen molar-refractivity contribution in [3.05, 3.63) is 83.2 Å². The molecule has 2 aromatic carbocycles. The maximum atomic E-state index is 11.1. The number of aromatic carboxylic acids is 1. The summed E-state index contributed by atoms with van der Waals surface area (Å²) in [5.74, 6) is -1.05. The van der Waals surface area contributed by atoms with Crippen molar-refractivity contribution < 1.29 is 15.0 Å². The van der Waals surface area contributed by atoms with Gasteiger partial charge in [0.2, 0.25) is 0 Å². The number of anilines is 1. The number of hydrogen-bond donors (Lipinski definition) is 4. The number of para-hydroxylation sites is 1. The van der Waals surface area contributed by atoms with Crippen molar-refractivity contribution in [1.82, 2.24) is 10.2 Å². The van der Waals surface area contributed by atoms with Gasteiger partial charge in [-0.05, 0) is 11.6 Å². The van der Waals surface area contributed by atoms with Crippen LogP contribution in [0.4, 0.5) is 5.69 Å². The monoisotopic (exact) mass is 323 g/mol. The Labute approximate surface area is 138 Å². The first-order chi connectivity index (χ1) is 11.7. The van der Waals surface area contributed by atoms with Crippen LogP contribution in [0, 0.1) is 0 Å². The fraction of sp³-hybridized carbons (Fsp3) is 0.111. The number of aromatic nitrogens is 2. The molecular formula is C18H17N3O3. The molecule has 0 amide bonds. The molecule has 3 rings (SSSR count). The second kappa shape index (κ2) is 6.97. The van der Waals surface area contributed by atoms with Gasteiger partial charge < -0.3 is 15.5 Å². The maximum Gasteiger partial charge on any atom is 0.354 e. The molecule has 0 saturated heterocycles. The molecule has 6 heteroatoms. The smallest absolute Gasteiger partial charge is 0.354 e. The number of H-pyrrole nitrogens is 1. The topological polar surface area (TPSA) is 98.2 Å². The van der Waals surface area contributed by atoms with Gasteiger partial charge in [-0.3, -0.25) is 5.10 Å². The minimum Gasteiger partial charge on any atom is -0.477 e. The summed E-state index contributed by atoms with van der Waals surface area (Å²) in [5, 5.41) is 29.1. The Morgan fingerprint density at radius 2 is 1.83 bits per heavy atom. The van der Waals surface area contributed by atoms with Crippen molar-refractivity contribution in [2.75, 3.05) is 5.32 Å². The summed E-state index contributed by atoms with van der Waals surface area (Å²) in [6.07, 6.45) is 0.713. The number of hydrogen-bond acceptors (Lipinski definition) is 4. The molecule has 0 fully saturated rings. The van der Waals surface area contributed by atoms with Gasteiger partial charge in [0, 0.05) is 23.4 Å². The average molecular weight is 323 g/mol. The molecule has 0 saturated carbocycles. The van der Waals surface area contributed by atoms with Gasteiger partial charge in [-0.25, -0.2) is 4.79 Å². The van der Waals surface area contributed by atoms with E-state index in [4.69, 9.17) is 5.11 Å². The molecule has 0 bridgehead atoms. The lowest BCUT2D eigenvalue weighted by atomic mass is 10.00. The Bertz CT molecular complexity index is 830. The molecule has 1 atom stereocenters. The zero-order chi connectivity index (χ0) is 16.9. The molecule has 24 heavy (non-hydrogen) atoms. The van der Waals surface area contributed by atoms with Crippen molar-refractivity contribution in [1.29, 1.82) is 0 Å². The highest BCUT2D eigenvalue weighted by Gasteiger charge is 2.16. The third kappa shape index (κ3) is 3.28. The van der Waals surface area contributed by atoms with E-state index in [0.29, 0.717) is 5.56 Å². The molecule has 1 aromatic heterocycles. The van der Waals surface area contributed by atoms with Crippen LogP contribution >= 0.6 is 0 Å². The summed E-state index contributed by atoms with van der Waals surface area (Å²) in [4.78, 5) is 11.1. The van der Waals surface area contributed by atoms with E-state index in [-0.39, 0.29) is 12.2 Å². The fourth-order valence-corrected chi connectivity index (χ4v) is 2.53. The number of carboxylic acids is 1. The van der Waals surface area contributed by atoms with Crippen LogP contribution in [0.1, 0.15) is 33.3 Å². The lowest BCUT2D eigenvalue weighted by Crippen LogP contribution is -2.09. The summed E-state index contributed by atoms with van der Waals surface area (Å²) < 4.78 is 0. The number of nitrogens with zero attached hydrogens (tertiary/aromatic N) is 1. The molecule has 122 valence electrons. The third-order valence-corrected chi connectivity index (χ3v) is 3.77. The van der Waals surface area contributed by atoms with E-state index < -0.39 is 12.1 Å². The number of aliphatic hydroxyl groups excluding tert-OH is 1. The second-order valence-electron chi connectivity index (χ2n) is 5.33. The minimum atomic E-state index is -1.05. The van der Waals surface area contributed by atoms with Gasteiger partial charge in [0.25, 0.3) is 0 Å². The zero-order valence-electron chi connectivity index (χ0n) is 12.8. The SMILES string of the molecule is O=C(O)c1[nH]ncc1CNc1ccccc1C(O)c1ccccc1. The molecular weight excluding hydrogens is 306 g/mol. The van der Waals surface area contributed by atoms with Crippen LogP contribution in [0.25, 0.3) is 0 Å². The molecule has 0 radical (unpaired) electrons. The van der Waals surface area contributed by atoms with Crippen LogP contribution in [0.5, 0.6) is 0 Å². The number of aromatic amines is 1. The molecule has 0 spiro atoms. The Morgan fingerprint density at radius 3 is 2.58 bits per heavy atom. The van der Waals surface area contributed by atoms with E-state index in [2.05, 4.69) is 15.5 Å². The third-order valence-electron chi connectivity index (χ3n) is 3.77. The Morgan fingerprint density at radius 1 is 1.12 bits per heavy atom. The average Bonchev–Trinajstić information content (AvgIpc) is 3.09. The largest absolute Gasteiger partial charge is 0.477 e. The Hall–Kier alpha value is -3.12. The molecule has 4 N–H and O–H groups in total. The van der Waals surface area contributed by atoms with E-state index in [1.165, 1.54) is 6.20 Å². The fourth-order valence-electron chi connectivity index (χ4n) is 2.53. The van der Waals surface area contributed by atoms with Crippen molar-refractivity contribution >= 4 is 11.7 Å². The van der Waals surface area contributed by atoms with Crippen molar-refractivity contribution in [3.63, 3.8) is 0 Å². The van der Waals surface area contributed by atoms with E-state index >= 15 is 0 Å². The van der Waals surface area contributed by atoms with Crippen LogP contribution in [0.15, 0.2) is 60.8 Å². The second-order valence-corrected chi connectivity index (χ2v) is 5.33. The van der Waals surface area contributed by atoms with Crippen LogP contribution in [0.3, 0.4) is 0 Å². The van der Waals surface area contributed by atoms with Crippen LogP contribution in [-0.4, -0.2) is 26.4 Å². The highest BCUT2D eigenvalue weighted by molar-refractivity contribution is 5.87. The lowest BCUT2D eigenvalue weighted by Gasteiger charge is -2.17. The van der Waals surface area contributed by atoms with Gasteiger partial charge in [-0.15, -0.1) is 0 Å².